The molecule has 0 aliphatic carbocycles. The summed E-state index contributed by atoms with van der Waals surface area (Å²) < 4.78 is 37.4. The third-order valence-corrected chi connectivity index (χ3v) is 5.37. The predicted octanol–water partition coefficient (Wildman–Crippen LogP) is 2.21. The Bertz CT molecular complexity index is 981. The lowest BCUT2D eigenvalue weighted by Gasteiger charge is -2.35. The highest BCUT2D eigenvalue weighted by molar-refractivity contribution is 5.83. The Hall–Kier alpha value is -4.52. The van der Waals surface area contributed by atoms with Gasteiger partial charge in [-0.05, 0) is 20.8 Å². The fourth-order valence-electron chi connectivity index (χ4n) is 2.83. The fraction of sp³-hybridized carbons (Fsp3) is 0.467. The SMILES string of the molecule is C=CC(=O)OCC(COCC(COC(=O)C=C)(COC(=O)C=C)COC(=O)C(C)(C)C)(COC(=O)C=C)COC(=O)C=C. The highest BCUT2D eigenvalue weighted by Crippen LogP contribution is 2.27. The summed E-state index contributed by atoms with van der Waals surface area (Å²) in [6.07, 6.45) is 4.50. The van der Waals surface area contributed by atoms with Gasteiger partial charge < -0.3 is 33.2 Å². The van der Waals surface area contributed by atoms with Crippen LogP contribution in [0.3, 0.4) is 0 Å². The van der Waals surface area contributed by atoms with Gasteiger partial charge >= 0.3 is 35.8 Å². The van der Waals surface area contributed by atoms with Crippen molar-refractivity contribution < 1.29 is 61.9 Å². The van der Waals surface area contributed by atoms with Crippen LogP contribution in [0.25, 0.3) is 0 Å². The highest BCUT2D eigenvalue weighted by atomic mass is 16.6. The van der Waals surface area contributed by atoms with Crippen LogP contribution in [0, 0.1) is 16.2 Å². The fourth-order valence-corrected chi connectivity index (χ4v) is 2.83. The van der Waals surface area contributed by atoms with Crippen LogP contribution in [-0.2, 0) is 61.9 Å². The van der Waals surface area contributed by atoms with Gasteiger partial charge in [-0.2, -0.15) is 0 Å². The Morgan fingerprint density at radius 3 is 0.884 bits per heavy atom. The number of rotatable bonds is 21. The van der Waals surface area contributed by atoms with E-state index >= 15 is 0 Å². The highest BCUT2D eigenvalue weighted by Gasteiger charge is 2.41. The molecule has 0 unspecified atom stereocenters. The predicted molar refractivity (Wildman–Crippen MR) is 152 cm³/mol. The first-order valence-corrected chi connectivity index (χ1v) is 12.8. The molecule has 0 radical (unpaired) electrons. The van der Waals surface area contributed by atoms with Crippen molar-refractivity contribution in [2.75, 3.05) is 52.9 Å². The monoisotopic (exact) mass is 608 g/mol. The van der Waals surface area contributed by atoms with Crippen molar-refractivity contribution in [2.24, 2.45) is 16.2 Å². The van der Waals surface area contributed by atoms with Crippen molar-refractivity contribution in [3.05, 3.63) is 63.3 Å². The number of hydrogen-bond donors (Lipinski definition) is 0. The van der Waals surface area contributed by atoms with Crippen molar-refractivity contribution in [2.45, 2.75) is 20.8 Å². The number of carbonyl (C=O) groups is 6. The average Bonchev–Trinajstić information content (AvgIpc) is 2.99. The van der Waals surface area contributed by atoms with E-state index in [9.17, 15) is 28.8 Å². The molecule has 0 aliphatic heterocycles. The maximum Gasteiger partial charge on any atom is 0.330 e. The molecule has 0 aromatic carbocycles. The van der Waals surface area contributed by atoms with Gasteiger partial charge in [0.25, 0.3) is 0 Å². The van der Waals surface area contributed by atoms with E-state index in [-0.39, 0.29) is 0 Å². The van der Waals surface area contributed by atoms with E-state index in [0.29, 0.717) is 0 Å². The van der Waals surface area contributed by atoms with Gasteiger partial charge in [-0.3, -0.25) is 4.79 Å². The molecule has 238 valence electrons. The Balaban J connectivity index is 6.44. The molecule has 0 atom stereocenters. The van der Waals surface area contributed by atoms with Crippen LogP contribution < -0.4 is 0 Å². The second-order valence-corrected chi connectivity index (χ2v) is 10.4. The van der Waals surface area contributed by atoms with Crippen LogP contribution in [-0.4, -0.2) is 88.7 Å². The van der Waals surface area contributed by atoms with Gasteiger partial charge in [-0.1, -0.05) is 32.9 Å². The van der Waals surface area contributed by atoms with Gasteiger partial charge in [0.05, 0.1) is 29.5 Å². The van der Waals surface area contributed by atoms with E-state index in [1.54, 1.807) is 20.8 Å². The van der Waals surface area contributed by atoms with E-state index < -0.39 is 105 Å². The lowest BCUT2D eigenvalue weighted by molar-refractivity contribution is -0.173. The molecule has 0 aliphatic rings. The topological polar surface area (TPSA) is 167 Å². The average molecular weight is 609 g/mol. The van der Waals surface area contributed by atoms with Crippen molar-refractivity contribution >= 4 is 35.8 Å². The minimum atomic E-state index is -1.49. The van der Waals surface area contributed by atoms with Crippen LogP contribution in [0.1, 0.15) is 20.8 Å². The first-order chi connectivity index (χ1) is 20.1. The van der Waals surface area contributed by atoms with Crippen molar-refractivity contribution in [3.8, 4) is 0 Å². The van der Waals surface area contributed by atoms with Crippen molar-refractivity contribution in [1.82, 2.24) is 0 Å². The summed E-state index contributed by atoms with van der Waals surface area (Å²) in [5, 5.41) is 0. The molecular weight excluding hydrogens is 568 g/mol. The third kappa shape index (κ3) is 15.3. The second-order valence-electron chi connectivity index (χ2n) is 10.4. The molecule has 0 saturated carbocycles. The largest absolute Gasteiger partial charge is 0.464 e. The van der Waals surface area contributed by atoms with Gasteiger partial charge in [0.15, 0.2) is 0 Å². The van der Waals surface area contributed by atoms with Crippen molar-refractivity contribution in [3.63, 3.8) is 0 Å². The van der Waals surface area contributed by atoms with Gasteiger partial charge in [-0.25, -0.2) is 24.0 Å². The van der Waals surface area contributed by atoms with Gasteiger partial charge in [0, 0.05) is 30.4 Å². The normalized spacial score (nSPS) is 11.1. The molecule has 0 rings (SSSR count). The molecule has 13 heteroatoms. The summed E-state index contributed by atoms with van der Waals surface area (Å²) >= 11 is 0. The molecule has 0 heterocycles. The summed E-state index contributed by atoms with van der Waals surface area (Å²) in [6, 6.07) is 0. The second kappa shape index (κ2) is 18.8. The Kier molecular flexibility index (Phi) is 16.8. The van der Waals surface area contributed by atoms with Crippen LogP contribution in [0.15, 0.2) is 63.3 Å². The summed E-state index contributed by atoms with van der Waals surface area (Å²) in [4.78, 5) is 72.1. The molecule has 0 fully saturated rings. The molecule has 13 nitrogen and oxygen atoms in total. The van der Waals surface area contributed by atoms with E-state index in [0.717, 1.165) is 30.4 Å². The van der Waals surface area contributed by atoms with Crippen LogP contribution in [0.5, 0.6) is 0 Å². The van der Waals surface area contributed by atoms with Crippen molar-refractivity contribution in [1.29, 1.82) is 0 Å². The molecular formula is C30H40O13. The van der Waals surface area contributed by atoms with Gasteiger partial charge in [-0.15, -0.1) is 0 Å². The molecule has 0 aromatic heterocycles. The van der Waals surface area contributed by atoms with Gasteiger partial charge in [0.2, 0.25) is 0 Å². The maximum atomic E-state index is 12.6. The lowest BCUT2D eigenvalue weighted by Crippen LogP contribution is -2.47. The summed E-state index contributed by atoms with van der Waals surface area (Å²) in [7, 11) is 0. The van der Waals surface area contributed by atoms with Crippen LogP contribution in [0.2, 0.25) is 0 Å². The standard InChI is InChI=1S/C30H40O13/c1-9-22(31)38-16-29(17-39-23(32)10-2,18-40-24(33)11-3)14-37-15-30(19-41-25(34)12-4,20-42-26(35)13-5)21-43-27(36)28(6,7)8/h9-13H,1-5,14-21H2,6-8H3. The van der Waals surface area contributed by atoms with Crippen LogP contribution in [0.4, 0.5) is 0 Å². The smallest absolute Gasteiger partial charge is 0.330 e. The van der Waals surface area contributed by atoms with E-state index in [1.165, 1.54) is 0 Å². The number of hydrogen-bond acceptors (Lipinski definition) is 13. The summed E-state index contributed by atoms with van der Waals surface area (Å²) in [6.45, 7) is 17.9. The van der Waals surface area contributed by atoms with E-state index in [4.69, 9.17) is 33.2 Å². The Morgan fingerprint density at radius 2 is 0.674 bits per heavy atom. The van der Waals surface area contributed by atoms with Crippen LogP contribution >= 0.6 is 0 Å². The molecule has 43 heavy (non-hydrogen) atoms. The minimum absolute atomic E-state index is 0.402. The number of carbonyl (C=O) groups excluding carboxylic acids is 6. The Labute approximate surface area is 251 Å². The number of esters is 6. The molecule has 0 aromatic rings. The number of ether oxygens (including phenoxy) is 7. The zero-order valence-corrected chi connectivity index (χ0v) is 24.9. The minimum Gasteiger partial charge on any atom is -0.464 e. The first kappa shape index (κ1) is 38.5. The maximum absolute atomic E-state index is 12.6. The first-order valence-electron chi connectivity index (χ1n) is 12.8. The summed E-state index contributed by atoms with van der Waals surface area (Å²) in [5.41, 5.74) is -3.87. The molecule has 0 saturated heterocycles. The molecule has 0 amide bonds. The summed E-state index contributed by atoms with van der Waals surface area (Å²) in [5.74, 6) is -4.73. The van der Waals surface area contributed by atoms with Gasteiger partial charge in [0.1, 0.15) is 39.6 Å². The zero-order chi connectivity index (χ0) is 33.1. The third-order valence-electron chi connectivity index (χ3n) is 5.37. The zero-order valence-electron chi connectivity index (χ0n) is 24.9. The Morgan fingerprint density at radius 1 is 0.442 bits per heavy atom. The molecule has 0 spiro atoms. The lowest BCUT2D eigenvalue weighted by atomic mass is 9.90. The van der Waals surface area contributed by atoms with E-state index in [1.807, 2.05) is 0 Å². The molecule has 0 bridgehead atoms. The quantitative estimate of drug-likeness (QED) is 0.106. The van der Waals surface area contributed by atoms with E-state index in [2.05, 4.69) is 32.9 Å². The molecule has 0 N–H and O–H groups in total.